The van der Waals surface area contributed by atoms with Crippen molar-refractivity contribution in [1.82, 2.24) is 23.5 Å². The van der Waals surface area contributed by atoms with E-state index in [0.29, 0.717) is 33.9 Å². The van der Waals surface area contributed by atoms with E-state index in [4.69, 9.17) is 4.42 Å². The van der Waals surface area contributed by atoms with Crippen molar-refractivity contribution in [2.24, 2.45) is 5.92 Å². The maximum absolute atomic E-state index is 12.5. The molecule has 4 rings (SSSR count). The molecule has 0 atom stereocenters. The summed E-state index contributed by atoms with van der Waals surface area (Å²) >= 11 is 2.47. The molecule has 1 aromatic carbocycles. The van der Waals surface area contributed by atoms with E-state index < -0.39 is 0 Å². The van der Waals surface area contributed by atoms with Crippen molar-refractivity contribution >= 4 is 46.1 Å². The lowest BCUT2D eigenvalue weighted by Gasteiger charge is -2.11. The van der Waals surface area contributed by atoms with E-state index in [1.54, 1.807) is 6.26 Å². The number of thioether (sulfide) groups is 1. The van der Waals surface area contributed by atoms with Crippen molar-refractivity contribution in [2.75, 3.05) is 11.1 Å². The van der Waals surface area contributed by atoms with Crippen LogP contribution >= 0.6 is 23.5 Å². The van der Waals surface area contributed by atoms with Gasteiger partial charge in [-0.2, -0.15) is 8.75 Å². The molecule has 0 aliphatic rings. The van der Waals surface area contributed by atoms with Crippen LogP contribution in [0.2, 0.25) is 0 Å². The van der Waals surface area contributed by atoms with Gasteiger partial charge in [-0.05, 0) is 30.2 Å². The van der Waals surface area contributed by atoms with Gasteiger partial charge >= 0.3 is 0 Å². The summed E-state index contributed by atoms with van der Waals surface area (Å²) in [5, 5.41) is 12.1. The summed E-state index contributed by atoms with van der Waals surface area (Å²) in [6, 6.07) is 9.21. The molecule has 0 saturated heterocycles. The van der Waals surface area contributed by atoms with Crippen LogP contribution in [0.1, 0.15) is 13.8 Å². The number of anilines is 1. The molecule has 0 saturated carbocycles. The normalized spacial score (nSPS) is 11.4. The Labute approximate surface area is 169 Å². The van der Waals surface area contributed by atoms with Gasteiger partial charge in [0.2, 0.25) is 5.91 Å². The maximum atomic E-state index is 12.5. The highest BCUT2D eigenvalue weighted by atomic mass is 32.2. The number of benzene rings is 1. The number of amides is 1. The van der Waals surface area contributed by atoms with Crippen LogP contribution < -0.4 is 5.32 Å². The fourth-order valence-electron chi connectivity index (χ4n) is 2.74. The summed E-state index contributed by atoms with van der Waals surface area (Å²) in [4.78, 5) is 12.5. The lowest BCUT2D eigenvalue weighted by atomic mass is 10.2. The van der Waals surface area contributed by atoms with E-state index in [0.717, 1.165) is 23.8 Å². The van der Waals surface area contributed by atoms with Crippen molar-refractivity contribution in [2.45, 2.75) is 25.5 Å². The van der Waals surface area contributed by atoms with Gasteiger partial charge in [-0.25, -0.2) is 0 Å². The SMILES string of the molecule is CC(C)Cn1c(SCC(=O)Nc2cccc3nsnc23)nnc1-c1ccco1. The van der Waals surface area contributed by atoms with Crippen LogP contribution in [0.5, 0.6) is 0 Å². The first-order valence-corrected chi connectivity index (χ1v) is 10.4. The summed E-state index contributed by atoms with van der Waals surface area (Å²) < 4.78 is 15.9. The Balaban J connectivity index is 1.48. The van der Waals surface area contributed by atoms with Crippen LogP contribution in [0.3, 0.4) is 0 Å². The number of fused-ring (bicyclic) bond motifs is 1. The number of hydrogen-bond donors (Lipinski definition) is 1. The fourth-order valence-corrected chi connectivity index (χ4v) is 4.03. The number of carbonyl (C=O) groups is 1. The molecule has 144 valence electrons. The van der Waals surface area contributed by atoms with Gasteiger partial charge in [0.25, 0.3) is 0 Å². The van der Waals surface area contributed by atoms with E-state index in [-0.39, 0.29) is 11.7 Å². The number of aromatic nitrogens is 5. The van der Waals surface area contributed by atoms with Crippen molar-refractivity contribution < 1.29 is 9.21 Å². The second-order valence-electron chi connectivity index (χ2n) is 6.56. The molecule has 0 radical (unpaired) electrons. The van der Waals surface area contributed by atoms with Gasteiger partial charge < -0.3 is 9.73 Å². The molecular weight excluding hydrogens is 396 g/mol. The van der Waals surface area contributed by atoms with Crippen molar-refractivity contribution in [1.29, 1.82) is 0 Å². The molecule has 3 heterocycles. The molecule has 1 N–H and O–H groups in total. The number of rotatable bonds is 7. The molecular formula is C18H18N6O2S2. The molecule has 3 aromatic heterocycles. The highest BCUT2D eigenvalue weighted by molar-refractivity contribution is 7.99. The average molecular weight is 415 g/mol. The number of carbonyl (C=O) groups excluding carboxylic acids is 1. The summed E-state index contributed by atoms with van der Waals surface area (Å²) in [5.74, 6) is 1.80. The molecule has 0 unspecified atom stereocenters. The summed E-state index contributed by atoms with van der Waals surface area (Å²) in [7, 11) is 0. The van der Waals surface area contributed by atoms with E-state index in [2.05, 4.69) is 38.1 Å². The van der Waals surface area contributed by atoms with Crippen LogP contribution in [0.4, 0.5) is 5.69 Å². The third kappa shape index (κ3) is 3.92. The third-order valence-corrected chi connectivity index (χ3v) is 5.41. The van der Waals surface area contributed by atoms with Gasteiger partial charge in [0.05, 0.1) is 29.4 Å². The zero-order valence-electron chi connectivity index (χ0n) is 15.3. The van der Waals surface area contributed by atoms with Crippen molar-refractivity contribution in [3.8, 4) is 11.6 Å². The second kappa shape index (κ2) is 8.11. The van der Waals surface area contributed by atoms with E-state index in [9.17, 15) is 4.79 Å². The van der Waals surface area contributed by atoms with Gasteiger partial charge in [-0.3, -0.25) is 9.36 Å². The first-order chi connectivity index (χ1) is 13.6. The Hall–Kier alpha value is -2.72. The van der Waals surface area contributed by atoms with Gasteiger partial charge in [-0.1, -0.05) is 31.7 Å². The third-order valence-electron chi connectivity index (χ3n) is 3.90. The van der Waals surface area contributed by atoms with Crippen molar-refractivity contribution in [3.63, 3.8) is 0 Å². The minimum absolute atomic E-state index is 0.135. The van der Waals surface area contributed by atoms with E-state index >= 15 is 0 Å². The number of nitrogens with zero attached hydrogens (tertiary/aromatic N) is 5. The van der Waals surface area contributed by atoms with Gasteiger partial charge in [0.1, 0.15) is 11.0 Å². The molecule has 0 fully saturated rings. The van der Waals surface area contributed by atoms with Crippen LogP contribution in [0.15, 0.2) is 46.2 Å². The van der Waals surface area contributed by atoms with Gasteiger partial charge in [-0.15, -0.1) is 10.2 Å². The maximum Gasteiger partial charge on any atom is 0.234 e. The molecule has 0 aliphatic heterocycles. The van der Waals surface area contributed by atoms with Crippen LogP contribution in [-0.4, -0.2) is 35.2 Å². The number of nitrogens with one attached hydrogen (secondary N) is 1. The Bertz CT molecular complexity index is 1090. The van der Waals surface area contributed by atoms with Gasteiger partial charge in [0, 0.05) is 6.54 Å². The highest BCUT2D eigenvalue weighted by Gasteiger charge is 2.18. The Morgan fingerprint density at radius 1 is 1.25 bits per heavy atom. The zero-order chi connectivity index (χ0) is 19.5. The number of furan rings is 1. The fraction of sp³-hybridized carbons (Fsp3) is 0.278. The largest absolute Gasteiger partial charge is 0.461 e. The first kappa shape index (κ1) is 18.6. The molecule has 0 bridgehead atoms. The standard InChI is InChI=1S/C18H18N6O2S2/c1-11(2)9-24-17(14-7-4-8-26-14)20-21-18(24)27-10-15(25)19-12-5-3-6-13-16(12)23-28-22-13/h3-8,11H,9-10H2,1-2H3,(H,19,25). The summed E-state index contributed by atoms with van der Waals surface area (Å²) in [5.41, 5.74) is 2.14. The lowest BCUT2D eigenvalue weighted by molar-refractivity contribution is -0.113. The highest BCUT2D eigenvalue weighted by Crippen LogP contribution is 2.26. The average Bonchev–Trinajstić information content (AvgIpc) is 3.40. The summed E-state index contributed by atoms with van der Waals surface area (Å²) in [6.45, 7) is 4.97. The Morgan fingerprint density at radius 2 is 2.14 bits per heavy atom. The molecule has 0 spiro atoms. The molecule has 8 nitrogen and oxygen atoms in total. The number of hydrogen-bond acceptors (Lipinski definition) is 8. The molecule has 0 aliphatic carbocycles. The first-order valence-electron chi connectivity index (χ1n) is 8.73. The van der Waals surface area contributed by atoms with Crippen molar-refractivity contribution in [3.05, 3.63) is 36.6 Å². The Morgan fingerprint density at radius 3 is 2.93 bits per heavy atom. The summed E-state index contributed by atoms with van der Waals surface area (Å²) in [6.07, 6.45) is 1.61. The lowest BCUT2D eigenvalue weighted by Crippen LogP contribution is -2.15. The minimum atomic E-state index is -0.135. The van der Waals surface area contributed by atoms with E-state index in [1.165, 1.54) is 11.8 Å². The van der Waals surface area contributed by atoms with Gasteiger partial charge in [0.15, 0.2) is 16.7 Å². The predicted octanol–water partition coefficient (Wildman–Crippen LogP) is 3.93. The Kier molecular flexibility index (Phi) is 5.40. The van der Waals surface area contributed by atoms with Crippen LogP contribution in [0.25, 0.3) is 22.6 Å². The molecule has 28 heavy (non-hydrogen) atoms. The second-order valence-corrected chi connectivity index (χ2v) is 8.03. The molecule has 4 aromatic rings. The molecule has 10 heteroatoms. The topological polar surface area (TPSA) is 98.7 Å². The van der Waals surface area contributed by atoms with E-state index in [1.807, 2.05) is 34.9 Å². The van der Waals surface area contributed by atoms with Crippen LogP contribution in [-0.2, 0) is 11.3 Å². The smallest absolute Gasteiger partial charge is 0.234 e. The quantitative estimate of drug-likeness (QED) is 0.457. The predicted molar refractivity (Wildman–Crippen MR) is 109 cm³/mol. The monoisotopic (exact) mass is 414 g/mol. The zero-order valence-corrected chi connectivity index (χ0v) is 17.0. The van der Waals surface area contributed by atoms with Crippen LogP contribution in [0, 0.1) is 5.92 Å². The molecule has 1 amide bonds. The minimum Gasteiger partial charge on any atom is -0.461 e.